The SMILES string of the molecule is Cc1ccc(N(C)c2cc3ccccc3c3ccccc23)cc1. The molecule has 0 unspecified atom stereocenters. The Morgan fingerprint density at radius 1 is 0.652 bits per heavy atom. The van der Waals surface area contributed by atoms with Gasteiger partial charge >= 0.3 is 0 Å². The summed E-state index contributed by atoms with van der Waals surface area (Å²) in [5.41, 5.74) is 3.73. The minimum Gasteiger partial charge on any atom is -0.344 e. The zero-order chi connectivity index (χ0) is 15.8. The third kappa shape index (κ3) is 2.35. The molecule has 1 heteroatoms. The lowest BCUT2D eigenvalue weighted by Gasteiger charge is -2.22. The van der Waals surface area contributed by atoms with E-state index in [1.54, 1.807) is 0 Å². The van der Waals surface area contributed by atoms with Crippen LogP contribution in [0.3, 0.4) is 0 Å². The van der Waals surface area contributed by atoms with Gasteiger partial charge in [-0.15, -0.1) is 0 Å². The van der Waals surface area contributed by atoms with Crippen molar-refractivity contribution in [3.63, 3.8) is 0 Å². The van der Waals surface area contributed by atoms with Gasteiger partial charge in [-0.1, -0.05) is 66.2 Å². The van der Waals surface area contributed by atoms with Gasteiger partial charge in [0.25, 0.3) is 0 Å². The fourth-order valence-corrected chi connectivity index (χ4v) is 3.22. The quantitative estimate of drug-likeness (QED) is 0.406. The molecule has 0 amide bonds. The van der Waals surface area contributed by atoms with Gasteiger partial charge in [0.1, 0.15) is 0 Å². The molecule has 0 saturated heterocycles. The van der Waals surface area contributed by atoms with E-state index in [4.69, 9.17) is 0 Å². The molecule has 23 heavy (non-hydrogen) atoms. The van der Waals surface area contributed by atoms with Crippen LogP contribution in [0.15, 0.2) is 78.9 Å². The van der Waals surface area contributed by atoms with Crippen LogP contribution < -0.4 is 4.90 Å². The molecule has 4 rings (SSSR count). The van der Waals surface area contributed by atoms with Crippen LogP contribution in [0.1, 0.15) is 5.56 Å². The largest absolute Gasteiger partial charge is 0.344 e. The number of nitrogens with zero attached hydrogens (tertiary/aromatic N) is 1. The van der Waals surface area contributed by atoms with Gasteiger partial charge in [0.05, 0.1) is 0 Å². The van der Waals surface area contributed by atoms with Crippen LogP contribution in [0, 0.1) is 6.92 Å². The molecule has 0 heterocycles. The van der Waals surface area contributed by atoms with Crippen LogP contribution in [-0.4, -0.2) is 7.05 Å². The van der Waals surface area contributed by atoms with Gasteiger partial charge in [0.15, 0.2) is 0 Å². The van der Waals surface area contributed by atoms with Crippen LogP contribution in [-0.2, 0) is 0 Å². The van der Waals surface area contributed by atoms with Crippen LogP contribution in [0.2, 0.25) is 0 Å². The van der Waals surface area contributed by atoms with Crippen molar-refractivity contribution < 1.29 is 0 Å². The zero-order valence-electron chi connectivity index (χ0n) is 13.5. The van der Waals surface area contributed by atoms with E-state index in [1.165, 1.54) is 38.5 Å². The van der Waals surface area contributed by atoms with E-state index in [0.717, 1.165) is 0 Å². The van der Waals surface area contributed by atoms with Crippen molar-refractivity contribution in [1.29, 1.82) is 0 Å². The van der Waals surface area contributed by atoms with Crippen molar-refractivity contribution in [2.75, 3.05) is 11.9 Å². The van der Waals surface area contributed by atoms with Gasteiger partial charge < -0.3 is 4.90 Å². The number of hydrogen-bond donors (Lipinski definition) is 0. The molecule has 0 spiro atoms. The summed E-state index contributed by atoms with van der Waals surface area (Å²) in [6, 6.07) is 28.2. The lowest BCUT2D eigenvalue weighted by Crippen LogP contribution is -2.09. The number of fused-ring (bicyclic) bond motifs is 3. The molecular formula is C22H19N. The van der Waals surface area contributed by atoms with Gasteiger partial charge in [-0.05, 0) is 41.3 Å². The lowest BCUT2D eigenvalue weighted by molar-refractivity contribution is 1.22. The maximum atomic E-state index is 2.29. The van der Waals surface area contributed by atoms with E-state index >= 15 is 0 Å². The average molecular weight is 297 g/mol. The van der Waals surface area contributed by atoms with Gasteiger partial charge in [-0.2, -0.15) is 0 Å². The Labute approximate surface area is 136 Å². The molecule has 0 atom stereocenters. The highest BCUT2D eigenvalue weighted by molar-refractivity contribution is 6.13. The highest BCUT2D eigenvalue weighted by Crippen LogP contribution is 2.36. The van der Waals surface area contributed by atoms with E-state index in [2.05, 4.69) is 97.7 Å². The number of benzene rings is 4. The summed E-state index contributed by atoms with van der Waals surface area (Å²) < 4.78 is 0. The molecule has 0 saturated carbocycles. The number of aryl methyl sites for hydroxylation is 1. The zero-order valence-corrected chi connectivity index (χ0v) is 13.5. The second kappa shape index (κ2) is 5.44. The summed E-state index contributed by atoms with van der Waals surface area (Å²) >= 11 is 0. The summed E-state index contributed by atoms with van der Waals surface area (Å²) in [5, 5.41) is 5.18. The van der Waals surface area contributed by atoms with Gasteiger partial charge in [-0.25, -0.2) is 0 Å². The Morgan fingerprint density at radius 3 is 2.00 bits per heavy atom. The second-order valence-electron chi connectivity index (χ2n) is 6.06. The predicted octanol–water partition coefficient (Wildman–Crippen LogP) is 6.07. The first-order valence-corrected chi connectivity index (χ1v) is 7.95. The summed E-state index contributed by atoms with van der Waals surface area (Å²) in [4.78, 5) is 2.27. The normalized spacial score (nSPS) is 11.0. The molecule has 1 nitrogen and oxygen atoms in total. The van der Waals surface area contributed by atoms with E-state index in [1.807, 2.05) is 0 Å². The predicted molar refractivity (Wildman–Crippen MR) is 101 cm³/mol. The molecule has 0 radical (unpaired) electrons. The maximum absolute atomic E-state index is 2.29. The number of anilines is 2. The van der Waals surface area contributed by atoms with Crippen LogP contribution in [0.5, 0.6) is 0 Å². The molecule has 0 bridgehead atoms. The van der Waals surface area contributed by atoms with Gasteiger partial charge in [0.2, 0.25) is 0 Å². The van der Waals surface area contributed by atoms with Gasteiger partial charge in [0, 0.05) is 23.8 Å². The standard InChI is InChI=1S/C22H19N/c1-16-11-13-18(14-12-16)23(2)22-15-17-7-3-4-8-19(17)20-9-5-6-10-21(20)22/h3-15H,1-2H3. The monoisotopic (exact) mass is 297 g/mol. The van der Waals surface area contributed by atoms with Crippen molar-refractivity contribution in [2.45, 2.75) is 6.92 Å². The molecule has 4 aromatic rings. The third-order valence-corrected chi connectivity index (χ3v) is 4.53. The topological polar surface area (TPSA) is 3.24 Å². The summed E-state index contributed by atoms with van der Waals surface area (Å²) in [7, 11) is 2.14. The molecule has 0 aliphatic heterocycles. The van der Waals surface area contributed by atoms with Crippen molar-refractivity contribution >= 4 is 32.9 Å². The molecule has 0 aliphatic rings. The smallest absolute Gasteiger partial charge is 0.0494 e. The minimum absolute atomic E-state index is 1.20. The first-order chi connectivity index (χ1) is 11.2. The molecule has 0 aliphatic carbocycles. The van der Waals surface area contributed by atoms with Crippen LogP contribution in [0.4, 0.5) is 11.4 Å². The number of hydrogen-bond acceptors (Lipinski definition) is 1. The Kier molecular flexibility index (Phi) is 3.27. The van der Waals surface area contributed by atoms with Crippen molar-refractivity contribution in [1.82, 2.24) is 0 Å². The molecule has 4 aromatic carbocycles. The maximum Gasteiger partial charge on any atom is 0.0494 e. The fraction of sp³-hybridized carbons (Fsp3) is 0.0909. The van der Waals surface area contributed by atoms with E-state index < -0.39 is 0 Å². The summed E-state index contributed by atoms with van der Waals surface area (Å²) in [6.07, 6.45) is 0. The van der Waals surface area contributed by atoms with E-state index in [0.29, 0.717) is 0 Å². The molecule has 0 aromatic heterocycles. The van der Waals surface area contributed by atoms with Crippen molar-refractivity contribution in [3.05, 3.63) is 84.4 Å². The summed E-state index contributed by atoms with van der Waals surface area (Å²) in [5.74, 6) is 0. The fourth-order valence-electron chi connectivity index (χ4n) is 3.22. The van der Waals surface area contributed by atoms with Gasteiger partial charge in [-0.3, -0.25) is 0 Å². The van der Waals surface area contributed by atoms with Crippen molar-refractivity contribution in [3.8, 4) is 0 Å². The third-order valence-electron chi connectivity index (χ3n) is 4.53. The molecular weight excluding hydrogens is 278 g/mol. The molecule has 0 N–H and O–H groups in total. The molecule has 112 valence electrons. The Hall–Kier alpha value is -2.80. The van der Waals surface area contributed by atoms with Crippen LogP contribution in [0.25, 0.3) is 21.5 Å². The van der Waals surface area contributed by atoms with E-state index in [-0.39, 0.29) is 0 Å². The Morgan fingerprint density at radius 2 is 1.26 bits per heavy atom. The first-order valence-electron chi connectivity index (χ1n) is 7.95. The first kappa shape index (κ1) is 13.8. The van der Waals surface area contributed by atoms with Crippen LogP contribution >= 0.6 is 0 Å². The van der Waals surface area contributed by atoms with E-state index in [9.17, 15) is 0 Å². The van der Waals surface area contributed by atoms with Crippen molar-refractivity contribution in [2.24, 2.45) is 0 Å². The average Bonchev–Trinajstić information content (AvgIpc) is 2.61. The lowest BCUT2D eigenvalue weighted by atomic mass is 9.99. The minimum atomic E-state index is 1.20. The Bertz CT molecular complexity index is 984. The molecule has 0 fully saturated rings. The highest BCUT2D eigenvalue weighted by atomic mass is 15.1. The summed E-state index contributed by atoms with van der Waals surface area (Å²) in [6.45, 7) is 2.12. The number of rotatable bonds is 2. The highest BCUT2D eigenvalue weighted by Gasteiger charge is 2.11. The second-order valence-corrected chi connectivity index (χ2v) is 6.06. The Balaban J connectivity index is 1.99.